The van der Waals surface area contributed by atoms with Gasteiger partial charge >= 0.3 is 0 Å². The molecule has 0 aliphatic carbocycles. The molecule has 2 rings (SSSR count). The van der Waals surface area contributed by atoms with Gasteiger partial charge in [0.05, 0.1) is 0 Å². The number of para-hydroxylation sites is 1. The number of phenolic OH excluding ortho intramolecular Hbond substituents is 2. The van der Waals surface area contributed by atoms with Gasteiger partial charge in [0.15, 0.2) is 0 Å². The molecular weight excluding hydrogens is 392 g/mol. The predicted molar refractivity (Wildman–Crippen MR) is 138 cm³/mol. The van der Waals surface area contributed by atoms with Crippen molar-refractivity contribution in [2.45, 2.75) is 118 Å². The van der Waals surface area contributed by atoms with Gasteiger partial charge in [-0.3, -0.25) is 0 Å². The van der Waals surface area contributed by atoms with Crippen molar-refractivity contribution in [3.05, 3.63) is 57.6 Å². The van der Waals surface area contributed by atoms with Crippen molar-refractivity contribution in [3.63, 3.8) is 0 Å². The fraction of sp³-hybridized carbons (Fsp3) is 0.600. The highest BCUT2D eigenvalue weighted by Gasteiger charge is 2.27. The Balaban J connectivity index is 2.81. The lowest BCUT2D eigenvalue weighted by Crippen LogP contribution is -2.13. The van der Waals surface area contributed by atoms with Crippen LogP contribution in [0.2, 0.25) is 0 Å². The standard InChI is InChI=1S/C30H46O2/c1-6-10-16-24-25(17-11-7-2)27(19-13-9-4)30(32)29(26(24)18-12-8-3)22(5)23-20-14-15-21-28(23)31/h14-15,20-22,31-32H,6-13,16-19H2,1-5H3. The number of phenols is 2. The smallest absolute Gasteiger partial charge is 0.123 e. The summed E-state index contributed by atoms with van der Waals surface area (Å²) in [7, 11) is 0. The van der Waals surface area contributed by atoms with Crippen LogP contribution in [-0.2, 0) is 25.7 Å². The summed E-state index contributed by atoms with van der Waals surface area (Å²) in [6, 6.07) is 7.63. The lowest BCUT2D eigenvalue weighted by molar-refractivity contribution is 0.448. The topological polar surface area (TPSA) is 40.5 Å². The Morgan fingerprint density at radius 2 is 1.06 bits per heavy atom. The van der Waals surface area contributed by atoms with Crippen molar-refractivity contribution >= 4 is 0 Å². The summed E-state index contributed by atoms with van der Waals surface area (Å²) < 4.78 is 0. The quantitative estimate of drug-likeness (QED) is 0.310. The fourth-order valence-electron chi connectivity index (χ4n) is 5.02. The molecule has 1 unspecified atom stereocenters. The van der Waals surface area contributed by atoms with Crippen LogP contribution in [-0.4, -0.2) is 10.2 Å². The maximum atomic E-state index is 11.8. The average Bonchev–Trinajstić information content (AvgIpc) is 2.79. The molecule has 0 aromatic heterocycles. The lowest BCUT2D eigenvalue weighted by Gasteiger charge is -2.28. The normalized spacial score (nSPS) is 12.3. The van der Waals surface area contributed by atoms with Crippen LogP contribution in [0.5, 0.6) is 11.5 Å². The summed E-state index contributed by atoms with van der Waals surface area (Å²) in [5.41, 5.74) is 7.46. The second-order valence-electron chi connectivity index (χ2n) is 9.37. The largest absolute Gasteiger partial charge is 0.508 e. The van der Waals surface area contributed by atoms with Gasteiger partial charge in [-0.1, -0.05) is 78.5 Å². The maximum Gasteiger partial charge on any atom is 0.123 e. The summed E-state index contributed by atoms with van der Waals surface area (Å²) in [6.45, 7) is 11.1. The van der Waals surface area contributed by atoms with E-state index in [2.05, 4.69) is 34.6 Å². The van der Waals surface area contributed by atoms with E-state index in [9.17, 15) is 10.2 Å². The third-order valence-electron chi connectivity index (χ3n) is 6.92. The molecule has 2 nitrogen and oxygen atoms in total. The predicted octanol–water partition coefficient (Wildman–Crippen LogP) is 8.62. The fourth-order valence-corrected chi connectivity index (χ4v) is 5.02. The molecule has 0 radical (unpaired) electrons. The molecule has 2 aromatic rings. The van der Waals surface area contributed by atoms with Crippen molar-refractivity contribution in [3.8, 4) is 11.5 Å². The van der Waals surface area contributed by atoms with Crippen molar-refractivity contribution < 1.29 is 10.2 Å². The van der Waals surface area contributed by atoms with Crippen molar-refractivity contribution in [1.82, 2.24) is 0 Å². The monoisotopic (exact) mass is 438 g/mol. The Kier molecular flexibility index (Phi) is 11.1. The van der Waals surface area contributed by atoms with E-state index in [0.29, 0.717) is 11.5 Å². The van der Waals surface area contributed by atoms with Gasteiger partial charge in [-0.15, -0.1) is 0 Å². The van der Waals surface area contributed by atoms with Crippen LogP contribution >= 0.6 is 0 Å². The Labute approximate surface area is 197 Å². The van der Waals surface area contributed by atoms with E-state index in [-0.39, 0.29) is 5.92 Å². The van der Waals surface area contributed by atoms with Gasteiger partial charge in [0.2, 0.25) is 0 Å². The molecule has 32 heavy (non-hydrogen) atoms. The molecule has 1 atom stereocenters. The molecule has 0 bridgehead atoms. The van der Waals surface area contributed by atoms with Crippen LogP contribution in [0.1, 0.15) is 125 Å². The molecule has 2 aromatic carbocycles. The van der Waals surface area contributed by atoms with Gasteiger partial charge in [0.1, 0.15) is 11.5 Å². The van der Waals surface area contributed by atoms with E-state index >= 15 is 0 Å². The van der Waals surface area contributed by atoms with Crippen molar-refractivity contribution in [1.29, 1.82) is 0 Å². The molecule has 0 heterocycles. The highest BCUT2D eigenvalue weighted by atomic mass is 16.3. The molecule has 0 amide bonds. The highest BCUT2D eigenvalue weighted by Crippen LogP contribution is 2.44. The maximum absolute atomic E-state index is 11.8. The number of rotatable bonds is 14. The van der Waals surface area contributed by atoms with E-state index in [4.69, 9.17) is 0 Å². The molecule has 0 aliphatic rings. The summed E-state index contributed by atoms with van der Waals surface area (Å²) in [5.74, 6) is 0.789. The van der Waals surface area contributed by atoms with E-state index in [1.165, 1.54) is 47.9 Å². The molecule has 0 saturated heterocycles. The lowest BCUT2D eigenvalue weighted by atomic mass is 9.77. The highest BCUT2D eigenvalue weighted by molar-refractivity contribution is 5.59. The van der Waals surface area contributed by atoms with Gasteiger partial charge in [0.25, 0.3) is 0 Å². The zero-order valence-corrected chi connectivity index (χ0v) is 21.3. The number of hydrogen-bond acceptors (Lipinski definition) is 2. The Morgan fingerprint density at radius 1 is 0.625 bits per heavy atom. The average molecular weight is 439 g/mol. The summed E-state index contributed by atoms with van der Waals surface area (Å²) in [4.78, 5) is 0. The molecule has 178 valence electrons. The first-order valence-corrected chi connectivity index (χ1v) is 13.2. The van der Waals surface area contributed by atoms with E-state index in [1.807, 2.05) is 18.2 Å². The van der Waals surface area contributed by atoms with Gasteiger partial charge in [0, 0.05) is 17.0 Å². The number of hydrogen-bond donors (Lipinski definition) is 2. The second-order valence-corrected chi connectivity index (χ2v) is 9.37. The SMILES string of the molecule is CCCCc1c(O)c(C(C)c2ccccc2O)c(CCCC)c(CCCC)c1CCCC. The summed E-state index contributed by atoms with van der Waals surface area (Å²) >= 11 is 0. The molecule has 2 N–H and O–H groups in total. The zero-order valence-electron chi connectivity index (χ0n) is 21.3. The first-order chi connectivity index (χ1) is 15.5. The summed E-state index contributed by atoms with van der Waals surface area (Å²) in [5, 5.41) is 22.4. The minimum Gasteiger partial charge on any atom is -0.508 e. The van der Waals surface area contributed by atoms with Gasteiger partial charge < -0.3 is 10.2 Å². The van der Waals surface area contributed by atoms with Crippen LogP contribution in [0.4, 0.5) is 0 Å². The Bertz CT molecular complexity index is 837. The Hall–Kier alpha value is -1.96. The molecule has 0 saturated carbocycles. The molecule has 0 fully saturated rings. The Morgan fingerprint density at radius 3 is 1.56 bits per heavy atom. The molecular formula is C30H46O2. The van der Waals surface area contributed by atoms with E-state index in [0.717, 1.165) is 62.5 Å². The third kappa shape index (κ3) is 6.30. The number of benzene rings is 2. The molecule has 0 spiro atoms. The minimum atomic E-state index is -0.0379. The van der Waals surface area contributed by atoms with Gasteiger partial charge in [-0.25, -0.2) is 0 Å². The van der Waals surface area contributed by atoms with Crippen LogP contribution in [0, 0.1) is 0 Å². The van der Waals surface area contributed by atoms with Crippen LogP contribution in [0.15, 0.2) is 24.3 Å². The number of aromatic hydroxyl groups is 2. The number of unbranched alkanes of at least 4 members (excludes halogenated alkanes) is 4. The minimum absolute atomic E-state index is 0.0379. The first kappa shape index (κ1) is 26.3. The summed E-state index contributed by atoms with van der Waals surface area (Å²) in [6.07, 6.45) is 13.3. The van der Waals surface area contributed by atoms with Crippen LogP contribution in [0.3, 0.4) is 0 Å². The van der Waals surface area contributed by atoms with Crippen LogP contribution < -0.4 is 0 Å². The van der Waals surface area contributed by atoms with Crippen molar-refractivity contribution in [2.24, 2.45) is 0 Å². The van der Waals surface area contributed by atoms with E-state index in [1.54, 1.807) is 6.07 Å². The van der Waals surface area contributed by atoms with Crippen LogP contribution in [0.25, 0.3) is 0 Å². The molecule has 2 heteroatoms. The molecule has 0 aliphatic heterocycles. The first-order valence-electron chi connectivity index (χ1n) is 13.2. The second kappa shape index (κ2) is 13.6. The van der Waals surface area contributed by atoms with Gasteiger partial charge in [-0.2, -0.15) is 0 Å². The van der Waals surface area contributed by atoms with Gasteiger partial charge in [-0.05, 0) is 79.7 Å². The third-order valence-corrected chi connectivity index (χ3v) is 6.92. The van der Waals surface area contributed by atoms with E-state index < -0.39 is 0 Å². The van der Waals surface area contributed by atoms with Crippen molar-refractivity contribution in [2.75, 3.05) is 0 Å². The zero-order chi connectivity index (χ0) is 23.5.